The molecule has 1 aromatic carbocycles. The van der Waals surface area contributed by atoms with Gasteiger partial charge in [0.2, 0.25) is 0 Å². The first-order valence-corrected chi connectivity index (χ1v) is 12.9. The van der Waals surface area contributed by atoms with Gasteiger partial charge in [-0.05, 0) is 105 Å². The summed E-state index contributed by atoms with van der Waals surface area (Å²) >= 11 is 3.84. The molecule has 2 aromatic rings. The Balaban J connectivity index is 1.90. The lowest BCUT2D eigenvalue weighted by molar-refractivity contribution is 0.0783. The van der Waals surface area contributed by atoms with Crippen molar-refractivity contribution in [2.45, 2.75) is 77.9 Å². The van der Waals surface area contributed by atoms with Gasteiger partial charge in [-0.25, -0.2) is 14.9 Å². The maximum absolute atomic E-state index is 13.0. The van der Waals surface area contributed by atoms with Crippen LogP contribution in [0, 0.1) is 0 Å². The molecule has 1 saturated heterocycles. The Kier molecular flexibility index (Phi) is 6.63. The molecule has 7 heteroatoms. The zero-order valence-electron chi connectivity index (χ0n) is 20.0. The second-order valence-corrected chi connectivity index (χ2v) is 10.5. The Morgan fingerprint density at radius 2 is 2.00 bits per heavy atom. The van der Waals surface area contributed by atoms with Crippen molar-refractivity contribution in [3.63, 3.8) is 0 Å². The fourth-order valence-corrected chi connectivity index (χ4v) is 6.29. The number of carbonyl (C=O) groups excluding carboxylic acids is 1. The van der Waals surface area contributed by atoms with Crippen LogP contribution < -0.4 is 5.43 Å². The molecule has 0 bridgehead atoms. The number of fused-ring (bicyclic) bond motifs is 2. The monoisotopic (exact) mass is 504 g/mol. The lowest BCUT2D eigenvalue weighted by atomic mass is 9.74. The second kappa shape index (κ2) is 8.99. The molecule has 0 radical (unpaired) electrons. The summed E-state index contributed by atoms with van der Waals surface area (Å²) in [7, 11) is 0. The van der Waals surface area contributed by atoms with Crippen molar-refractivity contribution in [1.82, 2.24) is 14.5 Å². The number of nitrogens with zero attached hydrogens (tertiary/aromatic N) is 3. The Morgan fingerprint density at radius 1 is 1.28 bits per heavy atom. The summed E-state index contributed by atoms with van der Waals surface area (Å²) in [4.78, 5) is 17.4. The third-order valence-electron chi connectivity index (χ3n) is 7.32. The third kappa shape index (κ3) is 3.97. The van der Waals surface area contributed by atoms with Crippen LogP contribution in [0.3, 0.4) is 0 Å². The summed E-state index contributed by atoms with van der Waals surface area (Å²) in [5.74, 6) is 0.453. The highest BCUT2D eigenvalue weighted by Gasteiger charge is 2.40. The van der Waals surface area contributed by atoms with Gasteiger partial charge in [0.15, 0.2) is 0 Å². The van der Waals surface area contributed by atoms with Crippen LogP contribution in [0.1, 0.15) is 76.5 Å². The normalized spacial score (nSPS) is 21.0. The van der Waals surface area contributed by atoms with E-state index in [1.54, 1.807) is 4.90 Å². The summed E-state index contributed by atoms with van der Waals surface area (Å²) in [5.41, 5.74) is 6.61. The van der Waals surface area contributed by atoms with E-state index < -0.39 is 5.60 Å². The van der Waals surface area contributed by atoms with Crippen LogP contribution >= 0.6 is 15.9 Å². The quantitative estimate of drug-likeness (QED) is 0.571. The molecule has 2 N–H and O–H groups in total. The zero-order valence-corrected chi connectivity index (χ0v) is 21.6. The third-order valence-corrected chi connectivity index (χ3v) is 8.15. The van der Waals surface area contributed by atoms with Gasteiger partial charge < -0.3 is 10.0 Å². The van der Waals surface area contributed by atoms with Gasteiger partial charge in [-0.2, -0.15) is 0 Å². The number of amides is 2. The van der Waals surface area contributed by atoms with Crippen LogP contribution in [0.4, 0.5) is 4.79 Å². The Bertz CT molecular complexity index is 1000. The average Bonchev–Trinajstić information content (AvgIpc) is 3.01. The minimum Gasteiger partial charge on any atom is -0.386 e. The molecule has 1 fully saturated rings. The number of hydrogen-bond acceptors (Lipinski definition) is 3. The number of rotatable bonds is 6. The van der Waals surface area contributed by atoms with Crippen LogP contribution in [0.25, 0.3) is 10.9 Å². The van der Waals surface area contributed by atoms with Gasteiger partial charge in [0.1, 0.15) is 4.60 Å². The molecule has 2 heterocycles. The van der Waals surface area contributed by atoms with Gasteiger partial charge in [0, 0.05) is 30.4 Å². The van der Waals surface area contributed by atoms with E-state index in [0.717, 1.165) is 41.6 Å². The van der Waals surface area contributed by atoms with Crippen molar-refractivity contribution in [3.05, 3.63) is 33.4 Å². The smallest absolute Gasteiger partial charge is 0.336 e. The fourth-order valence-electron chi connectivity index (χ4n) is 5.65. The number of carbonyl (C=O) groups is 1. The lowest BCUT2D eigenvalue weighted by Gasteiger charge is -2.44. The minimum absolute atomic E-state index is 0.112. The summed E-state index contributed by atoms with van der Waals surface area (Å²) in [6.45, 7) is 13.5. The highest BCUT2D eigenvalue weighted by molar-refractivity contribution is 9.10. The number of halogens is 1. The second-order valence-electron chi connectivity index (χ2n) is 9.77. The lowest BCUT2D eigenvalue weighted by Crippen LogP contribution is -2.47. The molecular formula is C25H37BrN4O2. The molecule has 1 aromatic heterocycles. The number of urea groups is 1. The van der Waals surface area contributed by atoms with Crippen LogP contribution in [0.15, 0.2) is 16.7 Å². The molecule has 0 saturated carbocycles. The van der Waals surface area contributed by atoms with Crippen molar-refractivity contribution in [3.8, 4) is 0 Å². The van der Waals surface area contributed by atoms with Gasteiger partial charge in [-0.1, -0.05) is 13.0 Å². The molecular weight excluding hydrogens is 468 g/mol. The maximum atomic E-state index is 13.0. The first-order valence-electron chi connectivity index (χ1n) is 12.1. The standard InChI is InChI=1S/C25H37BrN4O2/c1-6-11-29-12-9-10-17-18-13-16(25(4,5)32)14-21-22(18)19(15-20(17)29)23(26)30(21)27-24(31)28(7-2)8-3/h13-14,17,20,32H,6-12,15H2,1-5H3,(H,27,31)/t17-,20-/m1/s1. The first kappa shape index (κ1) is 23.6. The van der Waals surface area contributed by atoms with Crippen LogP contribution in [-0.4, -0.2) is 57.8 Å². The van der Waals surface area contributed by atoms with Gasteiger partial charge in [0.05, 0.1) is 11.1 Å². The molecule has 0 unspecified atom stereocenters. The van der Waals surface area contributed by atoms with E-state index >= 15 is 0 Å². The van der Waals surface area contributed by atoms with E-state index in [-0.39, 0.29) is 6.03 Å². The Labute approximate surface area is 200 Å². The summed E-state index contributed by atoms with van der Waals surface area (Å²) < 4.78 is 2.81. The molecule has 0 spiro atoms. The Hall–Kier alpha value is -1.57. The fraction of sp³-hybridized carbons (Fsp3) is 0.640. The van der Waals surface area contributed by atoms with E-state index in [9.17, 15) is 9.90 Å². The molecule has 6 nitrogen and oxygen atoms in total. The minimum atomic E-state index is -0.958. The van der Waals surface area contributed by atoms with Crippen molar-refractivity contribution < 1.29 is 9.90 Å². The molecule has 176 valence electrons. The number of aromatic nitrogens is 1. The summed E-state index contributed by atoms with van der Waals surface area (Å²) in [5, 5.41) is 12.1. The number of likely N-dealkylation sites (tertiary alicyclic amines) is 1. The van der Waals surface area contributed by atoms with E-state index in [2.05, 4.69) is 39.2 Å². The molecule has 2 amide bonds. The zero-order chi connectivity index (χ0) is 23.2. The average molecular weight is 506 g/mol. The molecule has 1 aliphatic carbocycles. The summed E-state index contributed by atoms with van der Waals surface area (Å²) in [6, 6.07) is 4.62. The topological polar surface area (TPSA) is 60.7 Å². The highest BCUT2D eigenvalue weighted by Crippen LogP contribution is 2.47. The Morgan fingerprint density at radius 3 is 2.62 bits per heavy atom. The van der Waals surface area contributed by atoms with Crippen molar-refractivity contribution in [2.24, 2.45) is 0 Å². The largest absolute Gasteiger partial charge is 0.386 e. The van der Waals surface area contributed by atoms with E-state index in [4.69, 9.17) is 0 Å². The molecule has 32 heavy (non-hydrogen) atoms. The number of benzene rings is 1. The maximum Gasteiger partial charge on any atom is 0.336 e. The SMILES string of the molecule is CCCN1CCC[C@@H]2c3cc(C(C)(C)O)cc4c3c(c(Br)n4NC(=O)N(CC)CC)C[C@H]21. The van der Waals surface area contributed by atoms with Gasteiger partial charge in [-0.3, -0.25) is 4.90 Å². The van der Waals surface area contributed by atoms with Crippen LogP contribution in [0.2, 0.25) is 0 Å². The molecule has 4 rings (SSSR count). The number of aliphatic hydroxyl groups is 1. The first-order chi connectivity index (χ1) is 15.2. The number of hydrogen-bond donors (Lipinski definition) is 2. The highest BCUT2D eigenvalue weighted by atomic mass is 79.9. The van der Waals surface area contributed by atoms with Crippen molar-refractivity contribution >= 4 is 32.9 Å². The molecule has 2 atom stereocenters. The number of piperidine rings is 1. The molecule has 2 aliphatic rings. The van der Waals surface area contributed by atoms with Gasteiger partial charge in [0.25, 0.3) is 0 Å². The van der Waals surface area contributed by atoms with E-state index in [1.165, 1.54) is 29.4 Å². The van der Waals surface area contributed by atoms with E-state index in [1.807, 2.05) is 38.4 Å². The van der Waals surface area contributed by atoms with Crippen molar-refractivity contribution in [1.29, 1.82) is 0 Å². The van der Waals surface area contributed by atoms with E-state index in [0.29, 0.717) is 25.0 Å². The van der Waals surface area contributed by atoms with Gasteiger partial charge >= 0.3 is 6.03 Å². The van der Waals surface area contributed by atoms with Crippen LogP contribution in [0.5, 0.6) is 0 Å². The predicted octanol–water partition coefficient (Wildman–Crippen LogP) is 5.15. The molecule has 1 aliphatic heterocycles. The predicted molar refractivity (Wildman–Crippen MR) is 134 cm³/mol. The summed E-state index contributed by atoms with van der Waals surface area (Å²) in [6.07, 6.45) is 4.50. The van der Waals surface area contributed by atoms with Gasteiger partial charge in [-0.15, -0.1) is 0 Å². The van der Waals surface area contributed by atoms with Crippen LogP contribution in [-0.2, 0) is 12.0 Å². The number of nitrogens with one attached hydrogen (secondary N) is 1. The van der Waals surface area contributed by atoms with Crippen molar-refractivity contribution in [2.75, 3.05) is 31.6 Å².